The fourth-order valence-electron chi connectivity index (χ4n) is 0.314. The van der Waals surface area contributed by atoms with Crippen molar-refractivity contribution in [3.63, 3.8) is 0 Å². The summed E-state index contributed by atoms with van der Waals surface area (Å²) in [6.45, 7) is 0.869. The average Bonchev–Trinajstić information content (AvgIpc) is 1.86. The summed E-state index contributed by atoms with van der Waals surface area (Å²) in [5.74, 6) is -2.21. The molecule has 0 fully saturated rings. The van der Waals surface area contributed by atoms with Crippen LogP contribution in [-0.2, 0) is 4.74 Å². The quantitative estimate of drug-likeness (QED) is 0.573. The number of hydrogen-bond donors (Lipinski definition) is 0. The SMILES string of the molecule is CCOC(F)(F)/C(F)=C/F. The Morgan fingerprint density at radius 1 is 1.60 bits per heavy atom. The van der Waals surface area contributed by atoms with Crippen molar-refractivity contribution in [2.75, 3.05) is 6.61 Å². The second-order valence-corrected chi connectivity index (χ2v) is 1.41. The predicted octanol–water partition coefficient (Wildman–Crippen LogP) is 2.40. The van der Waals surface area contributed by atoms with E-state index in [2.05, 4.69) is 4.74 Å². The molecule has 0 aliphatic heterocycles. The van der Waals surface area contributed by atoms with E-state index in [1.54, 1.807) is 0 Å². The van der Waals surface area contributed by atoms with Crippen LogP contribution in [0.1, 0.15) is 6.92 Å². The normalized spacial score (nSPS) is 13.9. The first-order chi connectivity index (χ1) is 4.54. The first kappa shape index (κ1) is 9.42. The van der Waals surface area contributed by atoms with E-state index in [1.165, 1.54) is 6.92 Å². The van der Waals surface area contributed by atoms with Crippen LogP contribution < -0.4 is 0 Å². The maximum Gasteiger partial charge on any atom is 0.411 e. The maximum atomic E-state index is 11.9. The summed E-state index contributed by atoms with van der Waals surface area (Å²) < 4.78 is 50.2. The molecule has 0 bridgehead atoms. The van der Waals surface area contributed by atoms with E-state index in [0.717, 1.165) is 0 Å². The van der Waals surface area contributed by atoms with Crippen LogP contribution in [0.25, 0.3) is 0 Å². The first-order valence-electron chi connectivity index (χ1n) is 2.52. The number of ether oxygens (including phenoxy) is 1. The minimum atomic E-state index is -4.12. The Balaban J connectivity index is 4.10. The molecule has 0 aliphatic carbocycles. The molecule has 60 valence electrons. The van der Waals surface area contributed by atoms with Crippen LogP contribution in [0, 0.1) is 0 Å². The molecule has 10 heavy (non-hydrogen) atoms. The molecule has 0 unspecified atom stereocenters. The van der Waals surface area contributed by atoms with Gasteiger partial charge in [0.1, 0.15) is 6.33 Å². The Morgan fingerprint density at radius 3 is 2.40 bits per heavy atom. The standard InChI is InChI=1S/C5H6F4O/c1-2-10-5(8,9)4(7)3-6/h3H,2H2,1H3/b4-3-. The number of alkyl halides is 2. The Labute approximate surface area is 55.3 Å². The van der Waals surface area contributed by atoms with E-state index in [9.17, 15) is 17.6 Å². The second-order valence-electron chi connectivity index (χ2n) is 1.41. The van der Waals surface area contributed by atoms with Gasteiger partial charge in [-0.25, -0.2) is 4.39 Å². The van der Waals surface area contributed by atoms with Gasteiger partial charge in [-0.05, 0) is 6.92 Å². The highest BCUT2D eigenvalue weighted by molar-refractivity contribution is 4.94. The Hall–Kier alpha value is -0.580. The topological polar surface area (TPSA) is 9.23 Å². The zero-order chi connectivity index (χ0) is 8.20. The Bertz CT molecular complexity index is 132. The Kier molecular flexibility index (Phi) is 3.35. The molecule has 0 amide bonds. The smallest absolute Gasteiger partial charge is 0.315 e. The van der Waals surface area contributed by atoms with E-state index in [4.69, 9.17) is 0 Å². The van der Waals surface area contributed by atoms with Crippen LogP contribution in [0.5, 0.6) is 0 Å². The summed E-state index contributed by atoms with van der Waals surface area (Å²) in [5, 5.41) is 0. The summed E-state index contributed by atoms with van der Waals surface area (Å²) in [6, 6.07) is 0. The van der Waals surface area contributed by atoms with Gasteiger partial charge in [0.2, 0.25) is 5.83 Å². The van der Waals surface area contributed by atoms with E-state index < -0.39 is 18.3 Å². The number of rotatable bonds is 3. The lowest BCUT2D eigenvalue weighted by Gasteiger charge is -2.11. The number of halogens is 4. The third-order valence-corrected chi connectivity index (χ3v) is 0.699. The van der Waals surface area contributed by atoms with Gasteiger partial charge in [-0.3, -0.25) is 0 Å². The molecule has 0 aromatic rings. The first-order valence-corrected chi connectivity index (χ1v) is 2.52. The molecule has 0 heterocycles. The van der Waals surface area contributed by atoms with Crippen molar-refractivity contribution in [1.82, 2.24) is 0 Å². The molecule has 0 atom stereocenters. The van der Waals surface area contributed by atoms with Gasteiger partial charge >= 0.3 is 6.11 Å². The van der Waals surface area contributed by atoms with Crippen molar-refractivity contribution in [1.29, 1.82) is 0 Å². The van der Waals surface area contributed by atoms with Gasteiger partial charge in [-0.15, -0.1) is 0 Å². The van der Waals surface area contributed by atoms with Crippen LogP contribution in [0.3, 0.4) is 0 Å². The molecule has 0 aromatic carbocycles. The molecule has 0 saturated carbocycles. The molecular weight excluding hydrogens is 152 g/mol. The molecule has 0 aliphatic rings. The molecule has 0 N–H and O–H groups in total. The summed E-state index contributed by atoms with van der Waals surface area (Å²) in [7, 11) is 0. The molecule has 1 nitrogen and oxygen atoms in total. The lowest BCUT2D eigenvalue weighted by atomic mass is 10.5. The summed E-state index contributed by atoms with van der Waals surface area (Å²) >= 11 is 0. The van der Waals surface area contributed by atoms with Gasteiger partial charge in [0.25, 0.3) is 0 Å². The van der Waals surface area contributed by atoms with Gasteiger partial charge in [0, 0.05) is 0 Å². The zero-order valence-corrected chi connectivity index (χ0v) is 5.20. The van der Waals surface area contributed by atoms with Crippen molar-refractivity contribution in [2.24, 2.45) is 0 Å². The molecule has 0 radical (unpaired) electrons. The second kappa shape index (κ2) is 3.55. The molecule has 0 spiro atoms. The monoisotopic (exact) mass is 158 g/mol. The minimum Gasteiger partial charge on any atom is -0.315 e. The van der Waals surface area contributed by atoms with Gasteiger partial charge < -0.3 is 4.74 Å². The van der Waals surface area contributed by atoms with Crippen molar-refractivity contribution in [3.8, 4) is 0 Å². The highest BCUT2D eigenvalue weighted by Crippen LogP contribution is 2.26. The van der Waals surface area contributed by atoms with Crippen LogP contribution in [0.2, 0.25) is 0 Å². The molecule has 0 rings (SSSR count). The summed E-state index contributed by atoms with van der Waals surface area (Å²) in [5.41, 5.74) is 0. The predicted molar refractivity (Wildman–Crippen MR) is 26.9 cm³/mol. The van der Waals surface area contributed by atoms with E-state index in [0.29, 0.717) is 0 Å². The fraction of sp³-hybridized carbons (Fsp3) is 0.600. The zero-order valence-electron chi connectivity index (χ0n) is 5.20. The van der Waals surface area contributed by atoms with Gasteiger partial charge in [-0.1, -0.05) is 0 Å². The van der Waals surface area contributed by atoms with Crippen LogP contribution in [0.15, 0.2) is 12.2 Å². The molecule has 0 saturated heterocycles. The van der Waals surface area contributed by atoms with Crippen LogP contribution >= 0.6 is 0 Å². The largest absolute Gasteiger partial charge is 0.411 e. The summed E-state index contributed by atoms with van der Waals surface area (Å²) in [4.78, 5) is 0. The molecule has 5 heteroatoms. The highest BCUT2D eigenvalue weighted by atomic mass is 19.3. The van der Waals surface area contributed by atoms with E-state index in [1.807, 2.05) is 0 Å². The van der Waals surface area contributed by atoms with Gasteiger partial charge in [0.15, 0.2) is 0 Å². The Morgan fingerprint density at radius 2 is 2.10 bits per heavy atom. The van der Waals surface area contributed by atoms with E-state index in [-0.39, 0.29) is 6.61 Å². The van der Waals surface area contributed by atoms with Gasteiger partial charge in [-0.2, -0.15) is 13.2 Å². The van der Waals surface area contributed by atoms with Crippen molar-refractivity contribution in [3.05, 3.63) is 12.2 Å². The summed E-state index contributed by atoms with van der Waals surface area (Å²) in [6.07, 6.45) is -4.95. The van der Waals surface area contributed by atoms with Crippen molar-refractivity contribution >= 4 is 0 Å². The lowest BCUT2D eigenvalue weighted by molar-refractivity contribution is -0.218. The van der Waals surface area contributed by atoms with Crippen LogP contribution in [0.4, 0.5) is 17.6 Å². The molecular formula is C5H6F4O. The van der Waals surface area contributed by atoms with E-state index >= 15 is 0 Å². The average molecular weight is 158 g/mol. The maximum absolute atomic E-state index is 11.9. The van der Waals surface area contributed by atoms with Gasteiger partial charge in [0.05, 0.1) is 6.61 Å². The van der Waals surface area contributed by atoms with Crippen LogP contribution in [-0.4, -0.2) is 12.7 Å². The fourth-order valence-corrected chi connectivity index (χ4v) is 0.314. The number of hydrogen-bond acceptors (Lipinski definition) is 1. The lowest BCUT2D eigenvalue weighted by Crippen LogP contribution is -2.21. The van der Waals surface area contributed by atoms with Crippen molar-refractivity contribution in [2.45, 2.75) is 13.0 Å². The molecule has 0 aromatic heterocycles. The third-order valence-electron chi connectivity index (χ3n) is 0.699. The minimum absolute atomic E-state index is 0.381. The highest BCUT2D eigenvalue weighted by Gasteiger charge is 2.36. The third kappa shape index (κ3) is 2.34. The van der Waals surface area contributed by atoms with Crippen molar-refractivity contribution < 1.29 is 22.3 Å².